The number of benzene rings is 4. The quantitative estimate of drug-likeness (QED) is 0.151. The number of methoxy groups -OCH3 is 1. The molecule has 0 fully saturated rings. The molecule has 0 aliphatic carbocycles. The number of para-hydroxylation sites is 1. The second-order valence-electron chi connectivity index (χ2n) is 10.9. The first-order valence-electron chi connectivity index (χ1n) is 14.9. The average molecular weight is 639 g/mol. The number of carbonyl (C=O) groups is 1. The second kappa shape index (κ2) is 14.3. The molecule has 5 aromatic rings. The summed E-state index contributed by atoms with van der Waals surface area (Å²) in [4.78, 5) is 31.2. The Kier molecular flexibility index (Phi) is 10.0. The van der Waals surface area contributed by atoms with Crippen molar-refractivity contribution in [2.45, 2.75) is 33.6 Å². The van der Waals surface area contributed by atoms with Gasteiger partial charge in [-0.05, 0) is 103 Å². The molecule has 0 radical (unpaired) electrons. The molecule has 9 nitrogen and oxygen atoms in total. The number of aromatic nitrogens is 2. The molecule has 0 saturated heterocycles. The summed E-state index contributed by atoms with van der Waals surface area (Å²) in [5.74, 6) is 1.87. The fourth-order valence-electron chi connectivity index (χ4n) is 4.96. The van der Waals surface area contributed by atoms with Crippen molar-refractivity contribution in [2.24, 2.45) is 5.10 Å². The topological polar surface area (TPSA) is 104 Å². The molecule has 1 heterocycles. The van der Waals surface area contributed by atoms with Crippen molar-refractivity contribution in [3.8, 4) is 28.6 Å². The molecule has 0 aliphatic rings. The van der Waals surface area contributed by atoms with Crippen LogP contribution < -0.4 is 25.1 Å². The Morgan fingerprint density at radius 3 is 2.48 bits per heavy atom. The van der Waals surface area contributed by atoms with Gasteiger partial charge in [-0.15, -0.1) is 0 Å². The maximum absolute atomic E-state index is 13.8. The van der Waals surface area contributed by atoms with Crippen molar-refractivity contribution in [2.75, 3.05) is 25.6 Å². The van der Waals surface area contributed by atoms with E-state index in [0.29, 0.717) is 51.1 Å². The molecule has 236 valence electrons. The Bertz CT molecular complexity index is 1970. The molecule has 46 heavy (non-hydrogen) atoms. The monoisotopic (exact) mass is 638 g/mol. The lowest BCUT2D eigenvalue weighted by atomic mass is 9.96. The van der Waals surface area contributed by atoms with Gasteiger partial charge in [0.15, 0.2) is 23.9 Å². The number of anilines is 1. The van der Waals surface area contributed by atoms with Crippen molar-refractivity contribution in [1.29, 1.82) is 0 Å². The van der Waals surface area contributed by atoms with Crippen molar-refractivity contribution in [3.63, 3.8) is 0 Å². The van der Waals surface area contributed by atoms with E-state index in [9.17, 15) is 9.59 Å². The number of halogens is 1. The molecule has 1 N–H and O–H groups in total. The third kappa shape index (κ3) is 7.21. The molecule has 0 spiro atoms. The molecule has 0 atom stereocenters. The first-order chi connectivity index (χ1) is 22.2. The summed E-state index contributed by atoms with van der Waals surface area (Å²) in [6.45, 7) is 8.14. The third-order valence-electron chi connectivity index (χ3n) is 7.27. The number of amides is 1. The fraction of sp³-hybridized carbons (Fsp3) is 0.222. The number of rotatable bonds is 11. The van der Waals surface area contributed by atoms with E-state index in [-0.39, 0.29) is 24.0 Å². The number of hydrogen-bond donors (Lipinski definition) is 1. The maximum Gasteiger partial charge on any atom is 0.282 e. The Morgan fingerprint density at radius 2 is 1.76 bits per heavy atom. The number of hydrogen-bond acceptors (Lipinski definition) is 7. The van der Waals surface area contributed by atoms with E-state index in [1.807, 2.05) is 38.1 Å². The van der Waals surface area contributed by atoms with Crippen LogP contribution >= 0.6 is 11.6 Å². The van der Waals surface area contributed by atoms with Crippen LogP contribution in [0.3, 0.4) is 0 Å². The molecule has 1 aromatic heterocycles. The summed E-state index contributed by atoms with van der Waals surface area (Å²) in [5, 5.41) is 8.43. The fourth-order valence-corrected chi connectivity index (χ4v) is 5.09. The zero-order valence-electron chi connectivity index (χ0n) is 26.3. The van der Waals surface area contributed by atoms with Gasteiger partial charge >= 0.3 is 0 Å². The Morgan fingerprint density at radius 1 is 1.00 bits per heavy atom. The minimum absolute atomic E-state index is 0.180. The summed E-state index contributed by atoms with van der Waals surface area (Å²) in [5.41, 5.74) is 4.22. The van der Waals surface area contributed by atoms with E-state index in [2.05, 4.69) is 24.3 Å². The molecule has 0 saturated carbocycles. The summed E-state index contributed by atoms with van der Waals surface area (Å²) < 4.78 is 18.6. The number of fused-ring (bicyclic) bond motifs is 1. The SMILES string of the molecule is CCOc1cc(C=Nn2c(-c3cc(C(C)C)c(OC)cc3C)nc3ccccc3c2=O)ccc1OCC(=O)Nc1ccc(Cl)cc1. The molecular formula is C36H35ClN4O5. The minimum Gasteiger partial charge on any atom is -0.496 e. The van der Waals surface area contributed by atoms with Gasteiger partial charge in [-0.25, -0.2) is 4.98 Å². The predicted molar refractivity (Wildman–Crippen MR) is 183 cm³/mol. The average Bonchev–Trinajstić information content (AvgIpc) is 3.04. The van der Waals surface area contributed by atoms with Crippen LogP contribution in [-0.4, -0.2) is 42.1 Å². The van der Waals surface area contributed by atoms with Crippen LogP contribution in [0.2, 0.25) is 5.02 Å². The maximum atomic E-state index is 13.8. The van der Waals surface area contributed by atoms with E-state index in [0.717, 1.165) is 22.4 Å². The standard InChI is InChI=1S/C36H35ClN4O5/c1-6-45-33-18-24(11-16-31(33)46-21-34(42)39-26-14-12-25(37)13-15-26)20-38-41-35(40-30-10-8-7-9-27(30)36(41)43)29-19-28(22(2)3)32(44-5)17-23(29)4/h7-20,22H,6,21H2,1-5H3,(H,39,42). The van der Waals surface area contributed by atoms with Crippen LogP contribution in [0, 0.1) is 6.92 Å². The molecule has 0 unspecified atom stereocenters. The molecular weight excluding hydrogens is 604 g/mol. The van der Waals surface area contributed by atoms with Crippen LogP contribution in [-0.2, 0) is 4.79 Å². The van der Waals surface area contributed by atoms with Gasteiger partial charge in [0.2, 0.25) is 0 Å². The molecule has 1 amide bonds. The summed E-state index contributed by atoms with van der Waals surface area (Å²) in [6.07, 6.45) is 1.57. The Labute approximate surface area is 272 Å². The second-order valence-corrected chi connectivity index (χ2v) is 11.3. The summed E-state index contributed by atoms with van der Waals surface area (Å²) >= 11 is 5.92. The van der Waals surface area contributed by atoms with Crippen LogP contribution in [0.5, 0.6) is 17.2 Å². The lowest BCUT2D eigenvalue weighted by Gasteiger charge is -2.17. The number of aryl methyl sites for hydroxylation is 1. The highest BCUT2D eigenvalue weighted by Gasteiger charge is 2.18. The van der Waals surface area contributed by atoms with Gasteiger partial charge in [-0.1, -0.05) is 37.6 Å². The zero-order valence-corrected chi connectivity index (χ0v) is 27.1. The Balaban J connectivity index is 1.48. The van der Waals surface area contributed by atoms with Gasteiger partial charge < -0.3 is 19.5 Å². The lowest BCUT2D eigenvalue weighted by Crippen LogP contribution is -2.21. The zero-order chi connectivity index (χ0) is 32.8. The van der Waals surface area contributed by atoms with Gasteiger partial charge in [0, 0.05) is 16.3 Å². The predicted octanol–water partition coefficient (Wildman–Crippen LogP) is 7.46. The minimum atomic E-state index is -0.333. The number of nitrogens with one attached hydrogen (secondary N) is 1. The molecule has 5 rings (SSSR count). The van der Waals surface area contributed by atoms with E-state index >= 15 is 0 Å². The number of nitrogens with zero attached hydrogens (tertiary/aromatic N) is 3. The lowest BCUT2D eigenvalue weighted by molar-refractivity contribution is -0.118. The third-order valence-corrected chi connectivity index (χ3v) is 7.52. The smallest absolute Gasteiger partial charge is 0.282 e. The van der Waals surface area contributed by atoms with Crippen molar-refractivity contribution >= 4 is 40.3 Å². The number of carbonyl (C=O) groups excluding carboxylic acids is 1. The first kappa shape index (κ1) is 32.2. The molecule has 0 aliphatic heterocycles. The van der Waals surface area contributed by atoms with E-state index in [1.165, 1.54) is 4.68 Å². The molecule has 10 heteroatoms. The van der Waals surface area contributed by atoms with Crippen LogP contribution in [0.25, 0.3) is 22.3 Å². The van der Waals surface area contributed by atoms with Gasteiger partial charge in [-0.3, -0.25) is 9.59 Å². The summed E-state index contributed by atoms with van der Waals surface area (Å²) in [6, 6.07) is 23.2. The van der Waals surface area contributed by atoms with Crippen LogP contribution in [0.15, 0.2) is 88.8 Å². The van der Waals surface area contributed by atoms with Gasteiger partial charge in [-0.2, -0.15) is 9.78 Å². The Hall–Kier alpha value is -5.15. The molecule has 4 aromatic carbocycles. The highest BCUT2D eigenvalue weighted by atomic mass is 35.5. The van der Waals surface area contributed by atoms with Crippen LogP contribution in [0.4, 0.5) is 5.69 Å². The summed E-state index contributed by atoms with van der Waals surface area (Å²) in [7, 11) is 1.65. The highest BCUT2D eigenvalue weighted by molar-refractivity contribution is 6.30. The highest BCUT2D eigenvalue weighted by Crippen LogP contribution is 2.34. The molecule has 0 bridgehead atoms. The van der Waals surface area contributed by atoms with Crippen molar-refractivity contribution in [3.05, 3.63) is 111 Å². The normalized spacial score (nSPS) is 11.3. The first-order valence-corrected chi connectivity index (χ1v) is 15.3. The van der Waals surface area contributed by atoms with E-state index in [1.54, 1.807) is 67.9 Å². The van der Waals surface area contributed by atoms with Crippen molar-refractivity contribution in [1.82, 2.24) is 9.66 Å². The largest absolute Gasteiger partial charge is 0.496 e. The van der Waals surface area contributed by atoms with Gasteiger partial charge in [0.25, 0.3) is 11.5 Å². The van der Waals surface area contributed by atoms with Gasteiger partial charge in [0.05, 0.1) is 30.8 Å². The van der Waals surface area contributed by atoms with Crippen molar-refractivity contribution < 1.29 is 19.0 Å². The number of ether oxygens (including phenoxy) is 3. The van der Waals surface area contributed by atoms with Crippen LogP contribution in [0.1, 0.15) is 43.4 Å². The van der Waals surface area contributed by atoms with E-state index in [4.69, 9.17) is 30.8 Å². The van der Waals surface area contributed by atoms with Gasteiger partial charge in [0.1, 0.15) is 5.75 Å². The van der Waals surface area contributed by atoms with E-state index < -0.39 is 0 Å².